The van der Waals surface area contributed by atoms with Crippen molar-refractivity contribution in [2.24, 2.45) is 0 Å². The van der Waals surface area contributed by atoms with Gasteiger partial charge in [-0.3, -0.25) is 4.79 Å². The Morgan fingerprint density at radius 1 is 1.33 bits per heavy atom. The summed E-state index contributed by atoms with van der Waals surface area (Å²) >= 11 is 0. The van der Waals surface area contributed by atoms with Crippen LogP contribution in [0.2, 0.25) is 0 Å². The second-order valence-corrected chi connectivity index (χ2v) is 4.17. The highest BCUT2D eigenvalue weighted by Crippen LogP contribution is 2.17. The van der Waals surface area contributed by atoms with Gasteiger partial charge in [-0.1, -0.05) is 13.3 Å². The first-order valence-corrected chi connectivity index (χ1v) is 6.07. The summed E-state index contributed by atoms with van der Waals surface area (Å²) in [4.78, 5) is 22.9. The lowest BCUT2D eigenvalue weighted by Gasteiger charge is -2.09. The molecule has 98 valence electrons. The molecule has 4 nitrogen and oxygen atoms in total. The molecule has 1 amide bonds. The molecule has 0 bridgehead atoms. The van der Waals surface area contributed by atoms with Gasteiger partial charge in [0.05, 0.1) is 12.7 Å². The maximum Gasteiger partial charge on any atom is 0.337 e. The van der Waals surface area contributed by atoms with Crippen LogP contribution < -0.4 is 5.32 Å². The van der Waals surface area contributed by atoms with Gasteiger partial charge in [-0.2, -0.15) is 0 Å². The largest absolute Gasteiger partial charge is 0.465 e. The number of carbonyl (C=O) groups is 2. The number of unbranched alkanes of at least 4 members (excludes halogenated alkanes) is 1. The predicted molar refractivity (Wildman–Crippen MR) is 70.7 cm³/mol. The third-order valence-corrected chi connectivity index (χ3v) is 2.68. The minimum absolute atomic E-state index is 0.00534. The molecule has 4 heteroatoms. The van der Waals surface area contributed by atoms with Crippen molar-refractivity contribution in [3.63, 3.8) is 0 Å². The van der Waals surface area contributed by atoms with Crippen LogP contribution in [0, 0.1) is 6.92 Å². The fourth-order valence-electron chi connectivity index (χ4n) is 1.60. The minimum Gasteiger partial charge on any atom is -0.465 e. The molecule has 1 aromatic carbocycles. The topological polar surface area (TPSA) is 55.4 Å². The van der Waals surface area contributed by atoms with Gasteiger partial charge in [0.25, 0.3) is 0 Å². The van der Waals surface area contributed by atoms with Crippen LogP contribution in [0.15, 0.2) is 18.2 Å². The van der Waals surface area contributed by atoms with Crippen LogP contribution in [0.25, 0.3) is 0 Å². The Balaban J connectivity index is 2.74. The Morgan fingerprint density at radius 3 is 2.61 bits per heavy atom. The number of rotatable bonds is 5. The number of nitrogens with one attached hydrogen (secondary N) is 1. The van der Waals surface area contributed by atoms with Gasteiger partial charge in [-0.25, -0.2) is 4.79 Å². The zero-order valence-electron chi connectivity index (χ0n) is 11.1. The summed E-state index contributed by atoms with van der Waals surface area (Å²) in [5, 5.41) is 2.84. The van der Waals surface area contributed by atoms with Crippen molar-refractivity contribution in [3.05, 3.63) is 29.3 Å². The smallest absolute Gasteiger partial charge is 0.337 e. The van der Waals surface area contributed by atoms with E-state index in [2.05, 4.69) is 10.1 Å². The SMILES string of the molecule is CCCCC(=O)Nc1ccc(C(=O)OC)cc1C. The highest BCUT2D eigenvalue weighted by atomic mass is 16.5. The molecule has 0 atom stereocenters. The fraction of sp³-hybridized carbons (Fsp3) is 0.429. The molecule has 0 spiro atoms. The molecule has 0 unspecified atom stereocenters. The van der Waals surface area contributed by atoms with E-state index in [1.54, 1.807) is 18.2 Å². The Labute approximate surface area is 107 Å². The van der Waals surface area contributed by atoms with E-state index in [0.717, 1.165) is 24.1 Å². The number of aryl methyl sites for hydroxylation is 1. The fourth-order valence-corrected chi connectivity index (χ4v) is 1.60. The number of ether oxygens (including phenoxy) is 1. The molecular weight excluding hydrogens is 230 g/mol. The molecule has 0 aromatic heterocycles. The zero-order valence-corrected chi connectivity index (χ0v) is 11.1. The molecule has 18 heavy (non-hydrogen) atoms. The van der Waals surface area contributed by atoms with Crippen LogP contribution >= 0.6 is 0 Å². The lowest BCUT2D eigenvalue weighted by molar-refractivity contribution is -0.116. The average Bonchev–Trinajstić information content (AvgIpc) is 2.37. The summed E-state index contributed by atoms with van der Waals surface area (Å²) in [6, 6.07) is 5.08. The molecule has 0 aliphatic carbocycles. The molecule has 0 aliphatic heterocycles. The van der Waals surface area contributed by atoms with E-state index in [-0.39, 0.29) is 11.9 Å². The molecule has 0 fully saturated rings. The third kappa shape index (κ3) is 3.87. The first kappa shape index (κ1) is 14.2. The van der Waals surface area contributed by atoms with Crippen molar-refractivity contribution in [1.82, 2.24) is 0 Å². The first-order valence-electron chi connectivity index (χ1n) is 6.07. The van der Waals surface area contributed by atoms with Gasteiger partial charge in [-0.15, -0.1) is 0 Å². The first-order chi connectivity index (χ1) is 8.58. The Bertz CT molecular complexity index is 441. The number of amides is 1. The van der Waals surface area contributed by atoms with Crippen LogP contribution in [0.1, 0.15) is 42.1 Å². The second kappa shape index (κ2) is 6.79. The van der Waals surface area contributed by atoms with Gasteiger partial charge >= 0.3 is 5.97 Å². The van der Waals surface area contributed by atoms with Crippen molar-refractivity contribution >= 4 is 17.6 Å². The van der Waals surface area contributed by atoms with Gasteiger partial charge in [-0.05, 0) is 37.1 Å². The van der Waals surface area contributed by atoms with E-state index in [1.165, 1.54) is 7.11 Å². The van der Waals surface area contributed by atoms with Crippen LogP contribution in [-0.4, -0.2) is 19.0 Å². The normalized spacial score (nSPS) is 9.94. The maximum absolute atomic E-state index is 11.6. The van der Waals surface area contributed by atoms with Crippen molar-refractivity contribution in [1.29, 1.82) is 0 Å². The van der Waals surface area contributed by atoms with E-state index in [4.69, 9.17) is 0 Å². The van der Waals surface area contributed by atoms with Gasteiger partial charge in [0.1, 0.15) is 0 Å². The van der Waals surface area contributed by atoms with Crippen molar-refractivity contribution in [3.8, 4) is 0 Å². The van der Waals surface area contributed by atoms with E-state index >= 15 is 0 Å². The maximum atomic E-state index is 11.6. The predicted octanol–water partition coefficient (Wildman–Crippen LogP) is 2.91. The van der Waals surface area contributed by atoms with Crippen LogP contribution in [0.5, 0.6) is 0 Å². The number of esters is 1. The van der Waals surface area contributed by atoms with E-state index < -0.39 is 0 Å². The number of hydrogen-bond donors (Lipinski definition) is 1. The summed E-state index contributed by atoms with van der Waals surface area (Å²) < 4.78 is 4.64. The Kier molecular flexibility index (Phi) is 5.36. The molecule has 0 aliphatic rings. The number of carbonyl (C=O) groups excluding carboxylic acids is 2. The minimum atomic E-state index is -0.373. The highest BCUT2D eigenvalue weighted by Gasteiger charge is 2.09. The van der Waals surface area contributed by atoms with Crippen LogP contribution in [0.3, 0.4) is 0 Å². The molecule has 0 heterocycles. The number of benzene rings is 1. The monoisotopic (exact) mass is 249 g/mol. The quantitative estimate of drug-likeness (QED) is 0.816. The second-order valence-electron chi connectivity index (χ2n) is 4.17. The Morgan fingerprint density at radius 2 is 2.06 bits per heavy atom. The summed E-state index contributed by atoms with van der Waals surface area (Å²) in [5.74, 6) is -0.368. The number of hydrogen-bond acceptors (Lipinski definition) is 3. The lowest BCUT2D eigenvalue weighted by atomic mass is 10.1. The van der Waals surface area contributed by atoms with Gasteiger partial charge < -0.3 is 10.1 Å². The van der Waals surface area contributed by atoms with E-state index in [0.29, 0.717) is 12.0 Å². The standard InChI is InChI=1S/C14H19NO3/c1-4-5-6-13(16)15-12-8-7-11(9-10(12)2)14(17)18-3/h7-9H,4-6H2,1-3H3,(H,15,16). The lowest BCUT2D eigenvalue weighted by Crippen LogP contribution is -2.12. The van der Waals surface area contributed by atoms with Gasteiger partial charge in [0, 0.05) is 12.1 Å². The molecule has 0 saturated heterocycles. The molecule has 1 aromatic rings. The van der Waals surface area contributed by atoms with E-state index in [1.807, 2.05) is 13.8 Å². The Hall–Kier alpha value is -1.84. The summed E-state index contributed by atoms with van der Waals surface area (Å²) in [7, 11) is 1.35. The summed E-state index contributed by atoms with van der Waals surface area (Å²) in [5.41, 5.74) is 2.08. The molecule has 1 N–H and O–H groups in total. The summed E-state index contributed by atoms with van der Waals surface area (Å²) in [6.45, 7) is 3.89. The van der Waals surface area contributed by atoms with Gasteiger partial charge in [0.15, 0.2) is 0 Å². The molecule has 1 rings (SSSR count). The average molecular weight is 249 g/mol. The van der Waals surface area contributed by atoms with Crippen LogP contribution in [-0.2, 0) is 9.53 Å². The van der Waals surface area contributed by atoms with Crippen molar-refractivity contribution in [2.45, 2.75) is 33.1 Å². The van der Waals surface area contributed by atoms with Gasteiger partial charge in [0.2, 0.25) is 5.91 Å². The number of anilines is 1. The third-order valence-electron chi connectivity index (χ3n) is 2.68. The highest BCUT2D eigenvalue weighted by molar-refractivity contribution is 5.94. The van der Waals surface area contributed by atoms with Crippen molar-refractivity contribution < 1.29 is 14.3 Å². The summed E-state index contributed by atoms with van der Waals surface area (Å²) in [6.07, 6.45) is 2.40. The van der Waals surface area contributed by atoms with Crippen LogP contribution in [0.4, 0.5) is 5.69 Å². The molecule has 0 radical (unpaired) electrons. The number of methoxy groups -OCH3 is 1. The van der Waals surface area contributed by atoms with Crippen molar-refractivity contribution in [2.75, 3.05) is 12.4 Å². The zero-order chi connectivity index (χ0) is 13.5. The van der Waals surface area contributed by atoms with E-state index in [9.17, 15) is 9.59 Å². The molecule has 0 saturated carbocycles. The molecular formula is C14H19NO3.